The van der Waals surface area contributed by atoms with Crippen LogP contribution in [-0.2, 0) is 0 Å². The van der Waals surface area contributed by atoms with E-state index in [2.05, 4.69) is 16.0 Å². The molecular weight excluding hydrogens is 268 g/mol. The van der Waals surface area contributed by atoms with Crippen LogP contribution in [-0.4, -0.2) is 9.97 Å². The van der Waals surface area contributed by atoms with Crippen molar-refractivity contribution in [2.24, 2.45) is 0 Å². The summed E-state index contributed by atoms with van der Waals surface area (Å²) >= 11 is 1.58. The predicted octanol–water partition coefficient (Wildman–Crippen LogP) is 3.63. The Morgan fingerprint density at radius 2 is 2.15 bits per heavy atom. The molecule has 5 heteroatoms. The second-order valence-corrected chi connectivity index (χ2v) is 6.43. The topological polar surface area (TPSA) is 75.6 Å². The van der Waals surface area contributed by atoms with Crippen LogP contribution in [0.15, 0.2) is 12.3 Å². The Bertz CT molecular complexity index is 678. The third kappa shape index (κ3) is 2.27. The lowest BCUT2D eigenvalue weighted by Gasteiger charge is -2.12. The van der Waals surface area contributed by atoms with E-state index in [0.717, 1.165) is 21.1 Å². The quantitative estimate of drug-likeness (QED) is 0.913. The van der Waals surface area contributed by atoms with Gasteiger partial charge in [-0.1, -0.05) is 12.8 Å². The van der Waals surface area contributed by atoms with Gasteiger partial charge in [-0.2, -0.15) is 5.26 Å². The van der Waals surface area contributed by atoms with Gasteiger partial charge in [0.1, 0.15) is 17.5 Å². The van der Waals surface area contributed by atoms with Gasteiger partial charge in [-0.15, -0.1) is 11.3 Å². The van der Waals surface area contributed by atoms with Gasteiger partial charge in [-0.3, -0.25) is 0 Å². The van der Waals surface area contributed by atoms with Crippen LogP contribution in [0.3, 0.4) is 0 Å². The standard InChI is InChI=1S/C15H16N4S/c1-9-18-8-14(20-9)11-6-13(10-4-2-3-5-10)19-15(17)12(11)7-16/h6,8,10H,2-5H2,1H3,(H2,17,19). The lowest BCUT2D eigenvalue weighted by Crippen LogP contribution is -2.04. The lowest BCUT2D eigenvalue weighted by molar-refractivity contribution is 0.699. The molecule has 102 valence electrons. The highest BCUT2D eigenvalue weighted by molar-refractivity contribution is 7.15. The number of rotatable bonds is 2. The van der Waals surface area contributed by atoms with E-state index in [-0.39, 0.29) is 0 Å². The minimum atomic E-state index is 0.345. The maximum absolute atomic E-state index is 9.34. The summed E-state index contributed by atoms with van der Waals surface area (Å²) in [6, 6.07) is 4.22. The van der Waals surface area contributed by atoms with Gasteiger partial charge < -0.3 is 5.73 Å². The molecule has 20 heavy (non-hydrogen) atoms. The number of anilines is 1. The van der Waals surface area contributed by atoms with Crippen molar-refractivity contribution in [1.82, 2.24) is 9.97 Å². The van der Waals surface area contributed by atoms with Crippen LogP contribution >= 0.6 is 11.3 Å². The number of nitriles is 1. The minimum absolute atomic E-state index is 0.345. The van der Waals surface area contributed by atoms with Gasteiger partial charge in [-0.25, -0.2) is 9.97 Å². The molecule has 0 amide bonds. The first-order valence-electron chi connectivity index (χ1n) is 6.82. The van der Waals surface area contributed by atoms with Crippen LogP contribution in [0.5, 0.6) is 0 Å². The zero-order valence-electron chi connectivity index (χ0n) is 11.4. The molecule has 1 aliphatic carbocycles. The molecule has 4 nitrogen and oxygen atoms in total. The highest BCUT2D eigenvalue weighted by Crippen LogP contribution is 2.38. The molecule has 2 aromatic rings. The van der Waals surface area contributed by atoms with Gasteiger partial charge >= 0.3 is 0 Å². The van der Waals surface area contributed by atoms with E-state index in [1.54, 1.807) is 11.3 Å². The van der Waals surface area contributed by atoms with Crippen LogP contribution in [0.4, 0.5) is 5.82 Å². The van der Waals surface area contributed by atoms with Crippen molar-refractivity contribution in [2.75, 3.05) is 5.73 Å². The van der Waals surface area contributed by atoms with Gasteiger partial charge in [0.05, 0.1) is 9.88 Å². The van der Waals surface area contributed by atoms with Crippen LogP contribution in [0.25, 0.3) is 10.4 Å². The number of hydrogen-bond donors (Lipinski definition) is 1. The second kappa shape index (κ2) is 5.22. The predicted molar refractivity (Wildman–Crippen MR) is 80.4 cm³/mol. The van der Waals surface area contributed by atoms with E-state index >= 15 is 0 Å². The van der Waals surface area contributed by atoms with Gasteiger partial charge in [0, 0.05) is 23.4 Å². The first-order valence-corrected chi connectivity index (χ1v) is 7.64. The summed E-state index contributed by atoms with van der Waals surface area (Å²) < 4.78 is 0. The molecule has 0 aliphatic heterocycles. The Hall–Kier alpha value is -1.93. The number of nitrogen functional groups attached to an aromatic ring is 1. The van der Waals surface area contributed by atoms with Crippen LogP contribution in [0.2, 0.25) is 0 Å². The summed E-state index contributed by atoms with van der Waals surface area (Å²) in [5.41, 5.74) is 8.37. The molecule has 0 spiro atoms. The fourth-order valence-electron chi connectivity index (χ4n) is 2.81. The summed E-state index contributed by atoms with van der Waals surface area (Å²) in [7, 11) is 0. The first-order chi connectivity index (χ1) is 9.69. The molecule has 2 heterocycles. The molecule has 0 unspecified atom stereocenters. The highest BCUT2D eigenvalue weighted by Gasteiger charge is 2.22. The minimum Gasteiger partial charge on any atom is -0.383 e. The number of thiazole rings is 1. The summed E-state index contributed by atoms with van der Waals surface area (Å²) in [5.74, 6) is 0.829. The van der Waals surface area contributed by atoms with Crippen molar-refractivity contribution in [3.63, 3.8) is 0 Å². The molecule has 2 N–H and O–H groups in total. The lowest BCUT2D eigenvalue weighted by atomic mass is 9.99. The Balaban J connectivity index is 2.13. The Morgan fingerprint density at radius 1 is 1.40 bits per heavy atom. The molecule has 1 fully saturated rings. The Labute approximate surface area is 122 Å². The summed E-state index contributed by atoms with van der Waals surface area (Å²) in [5, 5.41) is 10.3. The van der Waals surface area contributed by atoms with E-state index < -0.39 is 0 Å². The first kappa shape index (κ1) is 13.1. The maximum atomic E-state index is 9.34. The van der Waals surface area contributed by atoms with E-state index in [0.29, 0.717) is 17.3 Å². The molecular formula is C15H16N4S. The molecule has 1 aliphatic rings. The van der Waals surface area contributed by atoms with Gasteiger partial charge in [0.2, 0.25) is 0 Å². The zero-order valence-corrected chi connectivity index (χ0v) is 12.2. The van der Waals surface area contributed by atoms with E-state index in [1.807, 2.05) is 19.2 Å². The number of nitrogens with zero attached hydrogens (tertiary/aromatic N) is 3. The number of aryl methyl sites for hydroxylation is 1. The van der Waals surface area contributed by atoms with Crippen LogP contribution < -0.4 is 5.73 Å². The van der Waals surface area contributed by atoms with Gasteiger partial charge in [0.15, 0.2) is 0 Å². The summed E-state index contributed by atoms with van der Waals surface area (Å²) in [6.07, 6.45) is 6.65. The Morgan fingerprint density at radius 3 is 2.75 bits per heavy atom. The van der Waals surface area contributed by atoms with Gasteiger partial charge in [0.25, 0.3) is 0 Å². The van der Waals surface area contributed by atoms with Crippen molar-refractivity contribution >= 4 is 17.2 Å². The third-order valence-electron chi connectivity index (χ3n) is 3.84. The van der Waals surface area contributed by atoms with Crippen molar-refractivity contribution in [1.29, 1.82) is 5.26 Å². The highest BCUT2D eigenvalue weighted by atomic mass is 32.1. The van der Waals surface area contributed by atoms with Crippen LogP contribution in [0.1, 0.15) is 47.9 Å². The molecule has 2 aromatic heterocycles. The van der Waals surface area contributed by atoms with Crippen molar-refractivity contribution in [3.8, 4) is 16.5 Å². The third-order valence-corrected chi connectivity index (χ3v) is 4.79. The molecule has 1 saturated carbocycles. The Kier molecular flexibility index (Phi) is 3.41. The number of pyridine rings is 1. The number of aromatic nitrogens is 2. The molecule has 0 atom stereocenters. The van der Waals surface area contributed by atoms with Gasteiger partial charge in [-0.05, 0) is 25.8 Å². The van der Waals surface area contributed by atoms with E-state index in [1.165, 1.54) is 25.7 Å². The number of nitrogens with two attached hydrogens (primary N) is 1. The number of hydrogen-bond acceptors (Lipinski definition) is 5. The largest absolute Gasteiger partial charge is 0.383 e. The maximum Gasteiger partial charge on any atom is 0.142 e. The SMILES string of the molecule is Cc1ncc(-c2cc(C3CCCC3)nc(N)c2C#N)s1. The molecule has 0 bridgehead atoms. The van der Waals surface area contributed by atoms with Crippen molar-refractivity contribution < 1.29 is 0 Å². The fourth-order valence-corrected chi connectivity index (χ4v) is 3.61. The van der Waals surface area contributed by atoms with E-state index in [4.69, 9.17) is 5.73 Å². The van der Waals surface area contributed by atoms with Crippen molar-refractivity contribution in [2.45, 2.75) is 38.5 Å². The molecule has 3 rings (SSSR count). The second-order valence-electron chi connectivity index (χ2n) is 5.19. The molecule has 0 radical (unpaired) electrons. The average Bonchev–Trinajstić information content (AvgIpc) is 3.08. The fraction of sp³-hybridized carbons (Fsp3) is 0.400. The normalized spacial score (nSPS) is 15.4. The molecule has 0 aromatic carbocycles. The van der Waals surface area contributed by atoms with E-state index in [9.17, 15) is 5.26 Å². The monoisotopic (exact) mass is 284 g/mol. The van der Waals surface area contributed by atoms with Crippen molar-refractivity contribution in [3.05, 3.63) is 28.5 Å². The smallest absolute Gasteiger partial charge is 0.142 e. The zero-order chi connectivity index (χ0) is 14.1. The summed E-state index contributed by atoms with van der Waals surface area (Å²) in [4.78, 5) is 9.72. The molecule has 0 saturated heterocycles. The average molecular weight is 284 g/mol. The van der Waals surface area contributed by atoms with Crippen LogP contribution in [0, 0.1) is 18.3 Å². The summed E-state index contributed by atoms with van der Waals surface area (Å²) in [6.45, 7) is 1.96.